The number of hydrogen-bond donors (Lipinski definition) is 1. The summed E-state index contributed by atoms with van der Waals surface area (Å²) in [6, 6.07) is 5.89. The van der Waals surface area contributed by atoms with E-state index >= 15 is 0 Å². The van der Waals surface area contributed by atoms with E-state index in [1.54, 1.807) is 6.92 Å². The number of nitrogen functional groups attached to an aromatic ring is 1. The molecule has 0 aliphatic rings. The third-order valence-electron chi connectivity index (χ3n) is 3.31. The Balaban J connectivity index is 2.63. The smallest absolute Gasteiger partial charge is 0.154 e. The van der Waals surface area contributed by atoms with Crippen molar-refractivity contribution in [3.63, 3.8) is 0 Å². The Morgan fingerprint density at radius 1 is 1.32 bits per heavy atom. The molecule has 0 aliphatic carbocycles. The van der Waals surface area contributed by atoms with Gasteiger partial charge in [-0.3, -0.25) is 0 Å². The first-order chi connectivity index (χ1) is 8.84. The fraction of sp³-hybridized carbons (Fsp3) is 0.429. The lowest BCUT2D eigenvalue weighted by molar-refractivity contribution is 0.595. The van der Waals surface area contributed by atoms with Crippen LogP contribution in [0.2, 0.25) is 0 Å². The van der Waals surface area contributed by atoms with Crippen LogP contribution >= 0.6 is 0 Å². The first-order valence-corrected chi connectivity index (χ1v) is 8.25. The Morgan fingerprint density at radius 2 is 2.00 bits per heavy atom. The largest absolute Gasteiger partial charge is 0.399 e. The van der Waals surface area contributed by atoms with Crippen molar-refractivity contribution in [1.29, 1.82) is 0 Å². The van der Waals surface area contributed by atoms with Crippen molar-refractivity contribution in [2.24, 2.45) is 0 Å². The summed E-state index contributed by atoms with van der Waals surface area (Å²) in [6.45, 7) is 5.82. The summed E-state index contributed by atoms with van der Waals surface area (Å²) in [5, 5.41) is 0.972. The highest BCUT2D eigenvalue weighted by molar-refractivity contribution is 7.90. The summed E-state index contributed by atoms with van der Waals surface area (Å²) < 4.78 is 25.7. The lowest BCUT2D eigenvalue weighted by Gasteiger charge is -2.09. The van der Waals surface area contributed by atoms with E-state index in [0.29, 0.717) is 5.69 Å². The molecule has 104 valence electrons. The predicted octanol–water partition coefficient (Wildman–Crippen LogP) is 2.74. The molecule has 0 bridgehead atoms. The van der Waals surface area contributed by atoms with Crippen molar-refractivity contribution in [1.82, 2.24) is 4.57 Å². The summed E-state index contributed by atoms with van der Waals surface area (Å²) in [7, 11) is -3.03. The molecule has 19 heavy (non-hydrogen) atoms. The van der Waals surface area contributed by atoms with Crippen LogP contribution in [-0.2, 0) is 15.6 Å². The zero-order valence-electron chi connectivity index (χ0n) is 11.6. The number of anilines is 1. The summed E-state index contributed by atoms with van der Waals surface area (Å²) in [5.74, 6) is 0.250. The minimum Gasteiger partial charge on any atom is -0.399 e. The predicted molar refractivity (Wildman–Crippen MR) is 79.9 cm³/mol. The number of benzene rings is 1. The van der Waals surface area contributed by atoms with Crippen LogP contribution in [0.4, 0.5) is 5.69 Å². The third-order valence-corrected chi connectivity index (χ3v) is 4.94. The summed E-state index contributed by atoms with van der Waals surface area (Å²) in [5.41, 5.74) is 8.36. The van der Waals surface area contributed by atoms with Gasteiger partial charge >= 0.3 is 0 Å². The molecule has 0 atom stereocenters. The molecule has 1 aromatic heterocycles. The number of nitrogens with zero attached hydrogens (tertiary/aromatic N) is 1. The average molecular weight is 280 g/mol. The number of hydrogen-bond acceptors (Lipinski definition) is 3. The molecule has 0 saturated heterocycles. The standard InChI is InChI=1S/C14H20N2O2S/c1-4-19(17,18)9-11-8-16(10(2)3)14-7-12(15)5-6-13(11)14/h5-8,10H,4,9,15H2,1-3H3. The maximum Gasteiger partial charge on any atom is 0.154 e. The number of fused-ring (bicyclic) bond motifs is 1. The van der Waals surface area contributed by atoms with E-state index in [0.717, 1.165) is 16.5 Å². The fourth-order valence-electron chi connectivity index (χ4n) is 2.22. The van der Waals surface area contributed by atoms with Crippen LogP contribution in [0.25, 0.3) is 10.9 Å². The van der Waals surface area contributed by atoms with Crippen LogP contribution in [0.3, 0.4) is 0 Å². The van der Waals surface area contributed by atoms with Gasteiger partial charge in [-0.25, -0.2) is 8.42 Å². The second kappa shape index (κ2) is 4.89. The quantitative estimate of drug-likeness (QED) is 0.876. The maximum atomic E-state index is 11.8. The normalized spacial score (nSPS) is 12.4. The highest BCUT2D eigenvalue weighted by atomic mass is 32.2. The minimum atomic E-state index is -3.03. The van der Waals surface area contributed by atoms with Gasteiger partial charge in [0.05, 0.1) is 11.3 Å². The zero-order chi connectivity index (χ0) is 14.2. The molecular formula is C14H20N2O2S. The maximum absolute atomic E-state index is 11.8. The van der Waals surface area contributed by atoms with E-state index in [1.165, 1.54) is 0 Å². The van der Waals surface area contributed by atoms with Crippen LogP contribution in [0.15, 0.2) is 24.4 Å². The van der Waals surface area contributed by atoms with Gasteiger partial charge in [-0.2, -0.15) is 0 Å². The van der Waals surface area contributed by atoms with E-state index in [9.17, 15) is 8.42 Å². The molecule has 5 heteroatoms. The summed E-state index contributed by atoms with van der Waals surface area (Å²) in [4.78, 5) is 0. The summed E-state index contributed by atoms with van der Waals surface area (Å²) >= 11 is 0. The lowest BCUT2D eigenvalue weighted by Crippen LogP contribution is -2.06. The highest BCUT2D eigenvalue weighted by Gasteiger charge is 2.16. The van der Waals surface area contributed by atoms with Crippen molar-refractivity contribution >= 4 is 26.4 Å². The van der Waals surface area contributed by atoms with Gasteiger partial charge in [0.25, 0.3) is 0 Å². The van der Waals surface area contributed by atoms with Crippen molar-refractivity contribution in [3.05, 3.63) is 30.0 Å². The molecule has 0 aliphatic heterocycles. The Labute approximate surface area is 114 Å². The van der Waals surface area contributed by atoms with E-state index in [-0.39, 0.29) is 17.5 Å². The molecule has 0 spiro atoms. The van der Waals surface area contributed by atoms with Gasteiger partial charge in [-0.05, 0) is 31.5 Å². The second-order valence-corrected chi connectivity index (χ2v) is 7.46. The van der Waals surface area contributed by atoms with Gasteiger partial charge in [0, 0.05) is 29.1 Å². The lowest BCUT2D eigenvalue weighted by atomic mass is 10.2. The second-order valence-electron chi connectivity index (χ2n) is 5.11. The minimum absolute atomic E-state index is 0.0869. The van der Waals surface area contributed by atoms with Gasteiger partial charge in [-0.1, -0.05) is 13.0 Å². The van der Waals surface area contributed by atoms with Crippen molar-refractivity contribution < 1.29 is 8.42 Å². The van der Waals surface area contributed by atoms with Crippen LogP contribution in [0.5, 0.6) is 0 Å². The first-order valence-electron chi connectivity index (χ1n) is 6.43. The number of sulfone groups is 1. The van der Waals surface area contributed by atoms with Gasteiger partial charge in [0.2, 0.25) is 0 Å². The average Bonchev–Trinajstić information content (AvgIpc) is 2.67. The van der Waals surface area contributed by atoms with Crippen LogP contribution in [0, 0.1) is 0 Å². The van der Waals surface area contributed by atoms with Gasteiger partial charge in [0.1, 0.15) is 0 Å². The molecule has 4 nitrogen and oxygen atoms in total. The zero-order valence-corrected chi connectivity index (χ0v) is 12.4. The molecule has 0 saturated carbocycles. The molecule has 0 fully saturated rings. The number of nitrogens with two attached hydrogens (primary N) is 1. The Hall–Kier alpha value is -1.49. The molecule has 0 unspecified atom stereocenters. The Bertz CT molecular complexity index is 700. The highest BCUT2D eigenvalue weighted by Crippen LogP contribution is 2.28. The SMILES string of the molecule is CCS(=O)(=O)Cc1cn(C(C)C)c2cc(N)ccc12. The molecule has 2 N–H and O–H groups in total. The molecule has 0 amide bonds. The Kier molecular flexibility index (Phi) is 3.58. The van der Waals surface area contributed by atoms with Crippen molar-refractivity contribution in [3.8, 4) is 0 Å². The Morgan fingerprint density at radius 3 is 2.58 bits per heavy atom. The van der Waals surface area contributed by atoms with E-state index in [4.69, 9.17) is 5.73 Å². The monoisotopic (exact) mass is 280 g/mol. The molecule has 1 heterocycles. The van der Waals surface area contributed by atoms with E-state index in [2.05, 4.69) is 18.4 Å². The van der Waals surface area contributed by atoms with E-state index < -0.39 is 9.84 Å². The molecule has 2 aromatic rings. The summed E-state index contributed by atoms with van der Waals surface area (Å²) in [6.07, 6.45) is 1.93. The topological polar surface area (TPSA) is 65.1 Å². The van der Waals surface area contributed by atoms with Crippen LogP contribution in [-0.4, -0.2) is 18.7 Å². The van der Waals surface area contributed by atoms with Crippen LogP contribution < -0.4 is 5.73 Å². The molecule has 1 aromatic carbocycles. The third kappa shape index (κ3) is 2.76. The van der Waals surface area contributed by atoms with Crippen molar-refractivity contribution in [2.75, 3.05) is 11.5 Å². The number of rotatable bonds is 4. The van der Waals surface area contributed by atoms with Gasteiger partial charge < -0.3 is 10.3 Å². The first kappa shape index (κ1) is 13.9. The van der Waals surface area contributed by atoms with E-state index in [1.807, 2.05) is 24.4 Å². The van der Waals surface area contributed by atoms with Gasteiger partial charge in [-0.15, -0.1) is 0 Å². The number of aromatic nitrogens is 1. The molecular weight excluding hydrogens is 260 g/mol. The molecule has 2 rings (SSSR count). The molecule has 0 radical (unpaired) electrons. The van der Waals surface area contributed by atoms with Gasteiger partial charge in [0.15, 0.2) is 9.84 Å². The van der Waals surface area contributed by atoms with Crippen LogP contribution in [0.1, 0.15) is 32.4 Å². The fourth-order valence-corrected chi connectivity index (χ4v) is 3.13. The van der Waals surface area contributed by atoms with Crippen molar-refractivity contribution in [2.45, 2.75) is 32.6 Å².